The lowest BCUT2D eigenvalue weighted by molar-refractivity contribution is 0.0650. The van der Waals surface area contributed by atoms with E-state index < -0.39 is 5.82 Å². The van der Waals surface area contributed by atoms with Gasteiger partial charge in [0.1, 0.15) is 22.8 Å². The van der Waals surface area contributed by atoms with Crippen LogP contribution in [0.2, 0.25) is 5.02 Å². The van der Waals surface area contributed by atoms with E-state index in [0.29, 0.717) is 18.1 Å². The first-order valence-corrected chi connectivity index (χ1v) is 10.00. The summed E-state index contributed by atoms with van der Waals surface area (Å²) >= 11 is 6.22. The lowest BCUT2D eigenvalue weighted by Crippen LogP contribution is -2.35. The lowest BCUT2D eigenvalue weighted by Gasteiger charge is -2.28. The number of hydrogen-bond donors (Lipinski definition) is 0. The fraction of sp³-hybridized carbons (Fsp3) is 0.381. The second kappa shape index (κ2) is 7.99. The molecule has 0 spiro atoms. The summed E-state index contributed by atoms with van der Waals surface area (Å²) in [6, 6.07) is 5.96. The summed E-state index contributed by atoms with van der Waals surface area (Å²) in [7, 11) is 0. The third kappa shape index (κ3) is 3.67. The Hall–Kier alpha value is -2.67. The molecule has 1 amide bonds. The molecule has 0 bridgehead atoms. The van der Waals surface area contributed by atoms with Crippen LogP contribution in [0.4, 0.5) is 4.39 Å². The van der Waals surface area contributed by atoms with Gasteiger partial charge in [-0.3, -0.25) is 4.79 Å². The van der Waals surface area contributed by atoms with Gasteiger partial charge in [0.2, 0.25) is 0 Å². The predicted octanol–water partition coefficient (Wildman–Crippen LogP) is 5.50. The van der Waals surface area contributed by atoms with Crippen LogP contribution in [0.25, 0.3) is 11.3 Å². The average molecular weight is 418 g/mol. The quantitative estimate of drug-likeness (QED) is 0.562. The first-order chi connectivity index (χ1) is 14.0. The number of hydrogen-bond acceptors (Lipinski definition) is 5. The molecular formula is C21H21ClFN3O3. The molecule has 6 nitrogen and oxygen atoms in total. The third-order valence-corrected chi connectivity index (χ3v) is 5.58. The minimum Gasteiger partial charge on any atom is -0.360 e. The van der Waals surface area contributed by atoms with E-state index in [1.165, 1.54) is 12.1 Å². The Labute approximate surface area is 172 Å². The molecule has 0 aliphatic carbocycles. The number of nitrogens with zero attached hydrogens (tertiary/aromatic N) is 3. The zero-order chi connectivity index (χ0) is 20.5. The summed E-state index contributed by atoms with van der Waals surface area (Å²) in [4.78, 5) is 15.4. The number of likely N-dealkylation sites (tertiary alicyclic amines) is 1. The molecule has 4 rings (SSSR count). The summed E-state index contributed by atoms with van der Waals surface area (Å²) in [5.74, 6) is 0.135. The van der Waals surface area contributed by atoms with E-state index in [1.807, 2.05) is 13.0 Å². The van der Waals surface area contributed by atoms with Crippen LogP contribution >= 0.6 is 11.6 Å². The molecule has 2 aromatic heterocycles. The van der Waals surface area contributed by atoms with E-state index in [1.54, 1.807) is 17.9 Å². The molecule has 0 N–H and O–H groups in total. The first-order valence-electron chi connectivity index (χ1n) is 9.62. The fourth-order valence-electron chi connectivity index (χ4n) is 3.85. The molecular weight excluding hydrogens is 397 g/mol. The zero-order valence-electron chi connectivity index (χ0n) is 16.2. The number of halogens is 2. The smallest absolute Gasteiger partial charge is 0.260 e. The Bertz CT molecular complexity index is 1030. The van der Waals surface area contributed by atoms with Gasteiger partial charge >= 0.3 is 0 Å². The van der Waals surface area contributed by atoms with Crippen LogP contribution in [0.1, 0.15) is 59.3 Å². The Balaban J connectivity index is 1.78. The minimum absolute atomic E-state index is 0.0660. The van der Waals surface area contributed by atoms with Gasteiger partial charge in [-0.05, 0) is 38.8 Å². The van der Waals surface area contributed by atoms with Gasteiger partial charge in [0.15, 0.2) is 5.76 Å². The molecule has 1 atom stereocenters. The van der Waals surface area contributed by atoms with Crippen LogP contribution in [0, 0.1) is 19.7 Å². The highest BCUT2D eigenvalue weighted by molar-refractivity contribution is 6.33. The standard InChI is InChI=1S/C21H21ClFN3O3/c1-12-11-17(29-24-12)16-9-4-3-5-10-26(16)21(27)18-13(2)28-25-20(18)19-14(22)7-6-8-15(19)23/h6-8,11,16H,3-5,9-10H2,1-2H3. The number of benzene rings is 1. The molecule has 152 valence electrons. The minimum atomic E-state index is -0.557. The first kappa shape index (κ1) is 19.6. The molecule has 3 aromatic rings. The Kier molecular flexibility index (Phi) is 5.41. The summed E-state index contributed by atoms with van der Waals surface area (Å²) in [5, 5.41) is 8.11. The normalized spacial score (nSPS) is 17.4. The fourth-order valence-corrected chi connectivity index (χ4v) is 4.10. The molecule has 29 heavy (non-hydrogen) atoms. The summed E-state index contributed by atoms with van der Waals surface area (Å²) in [6.07, 6.45) is 3.63. The summed E-state index contributed by atoms with van der Waals surface area (Å²) in [5.41, 5.74) is 1.17. The molecule has 1 saturated heterocycles. The average Bonchev–Trinajstić information content (AvgIpc) is 3.18. The SMILES string of the molecule is Cc1cc(C2CCCCCN2C(=O)c2c(-c3c(F)cccc3Cl)noc2C)on1. The molecule has 8 heteroatoms. The summed E-state index contributed by atoms with van der Waals surface area (Å²) < 4.78 is 25.3. The van der Waals surface area contributed by atoms with Crippen molar-refractivity contribution in [2.45, 2.75) is 45.6 Å². The zero-order valence-corrected chi connectivity index (χ0v) is 17.0. The van der Waals surface area contributed by atoms with Crippen LogP contribution in [-0.4, -0.2) is 27.7 Å². The Morgan fingerprint density at radius 1 is 1.21 bits per heavy atom. The molecule has 0 saturated carbocycles. The Morgan fingerprint density at radius 2 is 2.03 bits per heavy atom. The van der Waals surface area contributed by atoms with Crippen molar-refractivity contribution in [3.8, 4) is 11.3 Å². The van der Waals surface area contributed by atoms with Crippen molar-refractivity contribution in [3.63, 3.8) is 0 Å². The Morgan fingerprint density at radius 3 is 2.76 bits per heavy atom. The number of rotatable bonds is 3. The topological polar surface area (TPSA) is 72.4 Å². The van der Waals surface area contributed by atoms with E-state index in [4.69, 9.17) is 20.6 Å². The number of carbonyl (C=O) groups is 1. The molecule has 0 radical (unpaired) electrons. The highest BCUT2D eigenvalue weighted by Gasteiger charge is 2.34. The molecule has 1 unspecified atom stereocenters. The second-order valence-corrected chi connectivity index (χ2v) is 7.70. The van der Waals surface area contributed by atoms with E-state index in [0.717, 1.165) is 31.4 Å². The van der Waals surface area contributed by atoms with Crippen LogP contribution < -0.4 is 0 Å². The van der Waals surface area contributed by atoms with Crippen LogP contribution in [0.15, 0.2) is 33.3 Å². The number of carbonyl (C=O) groups excluding carboxylic acids is 1. The maximum atomic E-state index is 14.5. The number of amides is 1. The van der Waals surface area contributed by atoms with Gasteiger partial charge in [-0.15, -0.1) is 0 Å². The monoisotopic (exact) mass is 417 g/mol. The van der Waals surface area contributed by atoms with E-state index in [-0.39, 0.29) is 33.8 Å². The van der Waals surface area contributed by atoms with Crippen LogP contribution in [0.5, 0.6) is 0 Å². The highest BCUT2D eigenvalue weighted by Crippen LogP contribution is 2.37. The maximum Gasteiger partial charge on any atom is 0.260 e. The van der Waals surface area contributed by atoms with Gasteiger partial charge in [0.05, 0.1) is 22.3 Å². The second-order valence-electron chi connectivity index (χ2n) is 7.29. The van der Waals surface area contributed by atoms with Crippen molar-refractivity contribution in [2.75, 3.05) is 6.54 Å². The van der Waals surface area contributed by atoms with E-state index in [2.05, 4.69) is 10.3 Å². The molecule has 1 fully saturated rings. The maximum absolute atomic E-state index is 14.5. The van der Waals surface area contributed by atoms with Crippen LogP contribution in [-0.2, 0) is 0 Å². The summed E-state index contributed by atoms with van der Waals surface area (Å²) in [6.45, 7) is 4.04. The van der Waals surface area contributed by atoms with Crippen molar-refractivity contribution in [2.24, 2.45) is 0 Å². The van der Waals surface area contributed by atoms with E-state index in [9.17, 15) is 9.18 Å². The largest absolute Gasteiger partial charge is 0.360 e. The molecule has 1 aromatic carbocycles. The van der Waals surface area contributed by atoms with Crippen molar-refractivity contribution < 1.29 is 18.2 Å². The van der Waals surface area contributed by atoms with Gasteiger partial charge in [-0.1, -0.05) is 40.8 Å². The van der Waals surface area contributed by atoms with Crippen molar-refractivity contribution >= 4 is 17.5 Å². The number of aryl methyl sites for hydroxylation is 2. The van der Waals surface area contributed by atoms with Crippen molar-refractivity contribution in [1.82, 2.24) is 15.2 Å². The van der Waals surface area contributed by atoms with Gasteiger partial charge in [0.25, 0.3) is 5.91 Å². The van der Waals surface area contributed by atoms with Crippen molar-refractivity contribution in [3.05, 3.63) is 57.9 Å². The van der Waals surface area contributed by atoms with Gasteiger partial charge < -0.3 is 13.9 Å². The van der Waals surface area contributed by atoms with Crippen LogP contribution in [0.3, 0.4) is 0 Å². The third-order valence-electron chi connectivity index (χ3n) is 5.26. The van der Waals surface area contributed by atoms with E-state index >= 15 is 0 Å². The molecule has 1 aliphatic heterocycles. The lowest BCUT2D eigenvalue weighted by atomic mass is 10.0. The van der Waals surface area contributed by atoms with Gasteiger partial charge in [0, 0.05) is 12.6 Å². The highest BCUT2D eigenvalue weighted by atomic mass is 35.5. The predicted molar refractivity (Wildman–Crippen MR) is 105 cm³/mol. The van der Waals surface area contributed by atoms with Gasteiger partial charge in [-0.2, -0.15) is 0 Å². The molecule has 3 heterocycles. The molecule has 1 aliphatic rings. The number of aromatic nitrogens is 2. The van der Waals surface area contributed by atoms with Crippen molar-refractivity contribution in [1.29, 1.82) is 0 Å². The van der Waals surface area contributed by atoms with Gasteiger partial charge in [-0.25, -0.2) is 4.39 Å².